The summed E-state index contributed by atoms with van der Waals surface area (Å²) in [5, 5.41) is 0.760. The second-order valence-corrected chi connectivity index (χ2v) is 7.37. The summed E-state index contributed by atoms with van der Waals surface area (Å²) < 4.78 is 10.8. The molecule has 2 aliphatic heterocycles. The van der Waals surface area contributed by atoms with Gasteiger partial charge in [-0.2, -0.15) is 0 Å². The molecule has 0 atom stereocenters. The van der Waals surface area contributed by atoms with Gasteiger partial charge < -0.3 is 9.47 Å². The average Bonchev–Trinajstić information content (AvgIpc) is 3.30. The van der Waals surface area contributed by atoms with E-state index in [9.17, 15) is 4.79 Å². The molecule has 0 aromatic heterocycles. The molecule has 130 valence electrons. The number of aliphatic imine (C=N–C) groups is 1. The Morgan fingerprint density at radius 3 is 2.69 bits per heavy atom. The van der Waals surface area contributed by atoms with Crippen molar-refractivity contribution in [3.63, 3.8) is 0 Å². The second kappa shape index (κ2) is 6.21. The molecule has 2 heterocycles. The Bertz CT molecular complexity index is 935. The van der Waals surface area contributed by atoms with Gasteiger partial charge in [-0.1, -0.05) is 24.3 Å². The zero-order chi connectivity index (χ0) is 17.5. The van der Waals surface area contributed by atoms with Crippen LogP contribution >= 0.6 is 11.8 Å². The number of thioether (sulfide) groups is 1. The summed E-state index contributed by atoms with van der Waals surface area (Å²) >= 11 is 1.43. The predicted octanol–water partition coefficient (Wildman–Crippen LogP) is 4.18. The summed E-state index contributed by atoms with van der Waals surface area (Å²) in [5.41, 5.74) is 1.78. The lowest BCUT2D eigenvalue weighted by atomic mass is 10.2. The van der Waals surface area contributed by atoms with Crippen LogP contribution in [0.5, 0.6) is 11.5 Å². The van der Waals surface area contributed by atoms with E-state index in [2.05, 4.69) is 0 Å². The van der Waals surface area contributed by atoms with Crippen LogP contribution in [-0.2, 0) is 4.79 Å². The summed E-state index contributed by atoms with van der Waals surface area (Å²) in [4.78, 5) is 20.2. The van der Waals surface area contributed by atoms with Crippen molar-refractivity contribution in [1.29, 1.82) is 0 Å². The molecule has 0 unspecified atom stereocenters. The van der Waals surface area contributed by atoms with Crippen molar-refractivity contribution in [2.24, 2.45) is 4.99 Å². The monoisotopic (exact) mass is 364 g/mol. The lowest BCUT2D eigenvalue weighted by Crippen LogP contribution is -2.31. The Hall–Kier alpha value is -2.73. The van der Waals surface area contributed by atoms with Crippen LogP contribution in [0.1, 0.15) is 18.4 Å². The first-order valence-electron chi connectivity index (χ1n) is 8.54. The van der Waals surface area contributed by atoms with Crippen LogP contribution in [0.15, 0.2) is 58.4 Å². The number of nitrogens with zero attached hydrogens (tertiary/aromatic N) is 2. The van der Waals surface area contributed by atoms with Gasteiger partial charge in [0.05, 0.1) is 10.6 Å². The van der Waals surface area contributed by atoms with E-state index >= 15 is 0 Å². The second-order valence-electron chi connectivity index (χ2n) is 6.36. The van der Waals surface area contributed by atoms with E-state index in [-0.39, 0.29) is 18.7 Å². The van der Waals surface area contributed by atoms with E-state index in [1.807, 2.05) is 59.5 Å². The van der Waals surface area contributed by atoms with E-state index in [0.29, 0.717) is 10.7 Å². The number of carbonyl (C=O) groups is 1. The molecule has 1 amide bonds. The number of ether oxygens (including phenoxy) is 2. The van der Waals surface area contributed by atoms with Gasteiger partial charge >= 0.3 is 0 Å². The Labute approximate surface area is 155 Å². The number of hydrogen-bond donors (Lipinski definition) is 0. The summed E-state index contributed by atoms with van der Waals surface area (Å²) in [6.07, 6.45) is 3.98. The van der Waals surface area contributed by atoms with Gasteiger partial charge in [-0.25, -0.2) is 4.99 Å². The van der Waals surface area contributed by atoms with Gasteiger partial charge in [0.25, 0.3) is 5.91 Å². The van der Waals surface area contributed by atoms with Crippen molar-refractivity contribution in [1.82, 2.24) is 4.90 Å². The lowest BCUT2D eigenvalue weighted by Gasteiger charge is -2.13. The molecule has 2 aromatic rings. The zero-order valence-electron chi connectivity index (χ0n) is 13.9. The molecule has 5 nitrogen and oxygen atoms in total. The van der Waals surface area contributed by atoms with Crippen molar-refractivity contribution in [3.05, 3.63) is 59.0 Å². The molecule has 26 heavy (non-hydrogen) atoms. The zero-order valence-corrected chi connectivity index (χ0v) is 14.7. The lowest BCUT2D eigenvalue weighted by molar-refractivity contribution is -0.122. The highest BCUT2D eigenvalue weighted by atomic mass is 32.2. The minimum absolute atomic E-state index is 0.0323. The van der Waals surface area contributed by atoms with Gasteiger partial charge in [0.15, 0.2) is 16.7 Å². The summed E-state index contributed by atoms with van der Waals surface area (Å²) in [6, 6.07) is 15.7. The van der Waals surface area contributed by atoms with E-state index in [1.54, 1.807) is 0 Å². The highest BCUT2D eigenvalue weighted by Crippen LogP contribution is 2.41. The fraction of sp³-hybridized carbons (Fsp3) is 0.200. The fourth-order valence-corrected chi connectivity index (χ4v) is 4.05. The van der Waals surface area contributed by atoms with Gasteiger partial charge in [-0.15, -0.1) is 0 Å². The largest absolute Gasteiger partial charge is 0.454 e. The minimum Gasteiger partial charge on any atom is -0.454 e. The maximum Gasteiger partial charge on any atom is 0.267 e. The molecule has 1 saturated heterocycles. The fourth-order valence-electron chi connectivity index (χ4n) is 2.99. The Kier molecular flexibility index (Phi) is 3.71. The van der Waals surface area contributed by atoms with Gasteiger partial charge in [0.1, 0.15) is 0 Å². The van der Waals surface area contributed by atoms with E-state index in [0.717, 1.165) is 35.0 Å². The average molecular weight is 364 g/mol. The molecule has 1 saturated carbocycles. The molecule has 2 fully saturated rings. The highest BCUT2D eigenvalue weighted by molar-refractivity contribution is 8.18. The third-order valence-electron chi connectivity index (χ3n) is 4.42. The van der Waals surface area contributed by atoms with Gasteiger partial charge in [0.2, 0.25) is 6.79 Å². The molecule has 2 aromatic carbocycles. The van der Waals surface area contributed by atoms with Crippen LogP contribution in [0.3, 0.4) is 0 Å². The number of amides is 1. The van der Waals surface area contributed by atoms with Crippen LogP contribution in [0.25, 0.3) is 6.08 Å². The highest BCUT2D eigenvalue weighted by Gasteiger charge is 2.43. The molecule has 3 aliphatic rings. The van der Waals surface area contributed by atoms with Gasteiger partial charge in [-0.3, -0.25) is 9.69 Å². The number of benzene rings is 2. The maximum atomic E-state index is 12.9. The van der Waals surface area contributed by atoms with Crippen LogP contribution in [0.4, 0.5) is 5.69 Å². The minimum atomic E-state index is 0.0323. The van der Waals surface area contributed by atoms with E-state index < -0.39 is 0 Å². The topological polar surface area (TPSA) is 51.1 Å². The Morgan fingerprint density at radius 1 is 1.08 bits per heavy atom. The van der Waals surface area contributed by atoms with Crippen LogP contribution in [-0.4, -0.2) is 28.8 Å². The van der Waals surface area contributed by atoms with E-state index in [1.165, 1.54) is 11.8 Å². The molecular weight excluding hydrogens is 348 g/mol. The van der Waals surface area contributed by atoms with Crippen molar-refractivity contribution in [2.75, 3.05) is 6.79 Å². The summed E-state index contributed by atoms with van der Waals surface area (Å²) in [5.74, 6) is 1.49. The first kappa shape index (κ1) is 15.5. The smallest absolute Gasteiger partial charge is 0.267 e. The van der Waals surface area contributed by atoms with Crippen LogP contribution in [0, 0.1) is 0 Å². The Morgan fingerprint density at radius 2 is 1.88 bits per heavy atom. The van der Waals surface area contributed by atoms with Gasteiger partial charge in [-0.05, 0) is 60.5 Å². The third kappa shape index (κ3) is 2.86. The number of fused-ring (bicyclic) bond motifs is 1. The first-order chi connectivity index (χ1) is 12.8. The molecule has 6 heteroatoms. The van der Waals surface area contributed by atoms with Gasteiger partial charge in [0, 0.05) is 6.04 Å². The van der Waals surface area contributed by atoms with Crippen molar-refractivity contribution in [3.8, 4) is 11.5 Å². The predicted molar refractivity (Wildman–Crippen MR) is 102 cm³/mol. The number of carbonyl (C=O) groups excluding carboxylic acids is 1. The molecule has 0 bridgehead atoms. The van der Waals surface area contributed by atoms with Crippen molar-refractivity contribution < 1.29 is 14.3 Å². The molecule has 5 rings (SSSR count). The molecule has 1 aliphatic carbocycles. The standard InChI is InChI=1S/C20H16N2O3S/c23-19-18(11-13-6-9-16-17(10-13)25-12-24-16)26-20(22(19)15-7-8-15)21-14-4-2-1-3-5-14/h1-6,9-11,15H,7-8,12H2/b18-11+,21-20?. The normalized spacial score (nSPS) is 21.8. The number of rotatable bonds is 3. The molecule has 0 N–H and O–H groups in total. The number of para-hydroxylation sites is 1. The number of amidine groups is 1. The SMILES string of the molecule is O=C1/C(=C\c2ccc3c(c2)OCO3)SC(=Nc2ccccc2)N1C1CC1. The van der Waals surface area contributed by atoms with Crippen LogP contribution < -0.4 is 9.47 Å². The molecule has 0 spiro atoms. The first-order valence-corrected chi connectivity index (χ1v) is 9.36. The summed E-state index contributed by atoms with van der Waals surface area (Å²) in [7, 11) is 0. The van der Waals surface area contributed by atoms with Crippen molar-refractivity contribution in [2.45, 2.75) is 18.9 Å². The number of hydrogen-bond acceptors (Lipinski definition) is 5. The van der Waals surface area contributed by atoms with E-state index in [4.69, 9.17) is 14.5 Å². The van der Waals surface area contributed by atoms with Crippen molar-refractivity contribution >= 4 is 34.6 Å². The van der Waals surface area contributed by atoms with Crippen LogP contribution in [0.2, 0.25) is 0 Å². The third-order valence-corrected chi connectivity index (χ3v) is 5.41. The quantitative estimate of drug-likeness (QED) is 0.767. The Balaban J connectivity index is 1.48. The molecule has 0 radical (unpaired) electrons. The summed E-state index contributed by atoms with van der Waals surface area (Å²) in [6.45, 7) is 0.242. The maximum absolute atomic E-state index is 12.9. The molecular formula is C20H16N2O3S.